The minimum absolute atomic E-state index is 0.101. The quantitative estimate of drug-likeness (QED) is 0.767. The molecule has 0 fully saturated rings. The number of nitrogens with one attached hydrogen (secondary N) is 2. The van der Waals surface area contributed by atoms with Gasteiger partial charge in [0.2, 0.25) is 5.95 Å². The molecular formula is C15H10F3N5. The van der Waals surface area contributed by atoms with Crippen molar-refractivity contribution >= 4 is 23.1 Å². The van der Waals surface area contributed by atoms with Crippen LogP contribution in [0.1, 0.15) is 0 Å². The highest BCUT2D eigenvalue weighted by atomic mass is 19.1. The van der Waals surface area contributed by atoms with Crippen molar-refractivity contribution in [2.75, 3.05) is 10.6 Å². The molecule has 0 unspecified atom stereocenters. The van der Waals surface area contributed by atoms with E-state index in [1.54, 1.807) is 6.07 Å². The van der Waals surface area contributed by atoms with Crippen LogP contribution >= 0.6 is 0 Å². The molecule has 116 valence electrons. The molecule has 3 rings (SSSR count). The van der Waals surface area contributed by atoms with Gasteiger partial charge in [0.1, 0.15) is 23.1 Å². The third-order valence-corrected chi connectivity index (χ3v) is 2.86. The molecule has 0 bridgehead atoms. The van der Waals surface area contributed by atoms with Crippen LogP contribution < -0.4 is 10.6 Å². The van der Waals surface area contributed by atoms with Crippen molar-refractivity contribution in [3.05, 3.63) is 66.1 Å². The number of rotatable bonds is 4. The molecule has 0 saturated heterocycles. The van der Waals surface area contributed by atoms with Gasteiger partial charge in [0, 0.05) is 5.69 Å². The monoisotopic (exact) mass is 317 g/mol. The molecule has 0 radical (unpaired) electrons. The van der Waals surface area contributed by atoms with Crippen molar-refractivity contribution in [1.29, 1.82) is 0 Å². The molecular weight excluding hydrogens is 307 g/mol. The predicted molar refractivity (Wildman–Crippen MR) is 79.2 cm³/mol. The summed E-state index contributed by atoms with van der Waals surface area (Å²) in [5, 5.41) is 12.6. The second kappa shape index (κ2) is 6.30. The van der Waals surface area contributed by atoms with E-state index in [0.717, 1.165) is 12.1 Å². The zero-order valence-corrected chi connectivity index (χ0v) is 11.6. The van der Waals surface area contributed by atoms with Crippen molar-refractivity contribution in [2.45, 2.75) is 0 Å². The summed E-state index contributed by atoms with van der Waals surface area (Å²) in [6.45, 7) is 0. The van der Waals surface area contributed by atoms with E-state index in [1.165, 1.54) is 30.5 Å². The lowest BCUT2D eigenvalue weighted by Gasteiger charge is -2.09. The third kappa shape index (κ3) is 3.54. The normalized spacial score (nSPS) is 10.4. The summed E-state index contributed by atoms with van der Waals surface area (Å²) in [7, 11) is 0. The summed E-state index contributed by atoms with van der Waals surface area (Å²) in [6.07, 6.45) is 1.30. The number of nitrogens with zero attached hydrogens (tertiary/aromatic N) is 3. The topological polar surface area (TPSA) is 62.7 Å². The van der Waals surface area contributed by atoms with Crippen molar-refractivity contribution < 1.29 is 13.2 Å². The van der Waals surface area contributed by atoms with Crippen LogP contribution in [0.4, 0.5) is 36.3 Å². The van der Waals surface area contributed by atoms with Crippen molar-refractivity contribution in [3.63, 3.8) is 0 Å². The molecule has 0 spiro atoms. The first-order chi connectivity index (χ1) is 11.1. The van der Waals surface area contributed by atoms with Gasteiger partial charge in [-0.05, 0) is 30.3 Å². The Hall–Kier alpha value is -3.16. The lowest BCUT2D eigenvalue weighted by atomic mass is 10.3. The molecule has 0 aliphatic heterocycles. The van der Waals surface area contributed by atoms with Crippen LogP contribution in [0.25, 0.3) is 0 Å². The number of hydrogen-bond donors (Lipinski definition) is 2. The fraction of sp³-hybridized carbons (Fsp3) is 0. The van der Waals surface area contributed by atoms with Crippen LogP contribution in [-0.2, 0) is 0 Å². The first-order valence-electron chi connectivity index (χ1n) is 6.55. The number of halogens is 3. The van der Waals surface area contributed by atoms with Crippen molar-refractivity contribution in [1.82, 2.24) is 15.2 Å². The molecule has 0 amide bonds. The first-order valence-corrected chi connectivity index (χ1v) is 6.55. The summed E-state index contributed by atoms with van der Waals surface area (Å²) in [6, 6.07) is 9.19. The van der Waals surface area contributed by atoms with Crippen molar-refractivity contribution in [2.24, 2.45) is 0 Å². The van der Waals surface area contributed by atoms with E-state index in [0.29, 0.717) is 5.69 Å². The van der Waals surface area contributed by atoms with E-state index in [2.05, 4.69) is 25.8 Å². The van der Waals surface area contributed by atoms with E-state index >= 15 is 0 Å². The minimum atomic E-state index is -0.780. The lowest BCUT2D eigenvalue weighted by molar-refractivity contribution is 0.590. The van der Waals surface area contributed by atoms with Crippen LogP contribution in [0.3, 0.4) is 0 Å². The Balaban J connectivity index is 1.83. The van der Waals surface area contributed by atoms with Gasteiger partial charge in [-0.1, -0.05) is 12.1 Å². The fourth-order valence-corrected chi connectivity index (χ4v) is 1.86. The van der Waals surface area contributed by atoms with Crippen LogP contribution in [0.2, 0.25) is 0 Å². The van der Waals surface area contributed by atoms with Crippen LogP contribution in [0.15, 0.2) is 48.7 Å². The summed E-state index contributed by atoms with van der Waals surface area (Å²) >= 11 is 0. The average molecular weight is 317 g/mol. The Morgan fingerprint density at radius 1 is 0.870 bits per heavy atom. The van der Waals surface area contributed by atoms with Gasteiger partial charge in [0.15, 0.2) is 5.82 Å². The Labute approximate surface area is 129 Å². The summed E-state index contributed by atoms with van der Waals surface area (Å²) in [4.78, 5) is 4.02. The number of hydrogen-bond acceptors (Lipinski definition) is 5. The number of aromatic nitrogens is 3. The molecule has 0 saturated carbocycles. The Morgan fingerprint density at radius 3 is 2.35 bits per heavy atom. The van der Waals surface area contributed by atoms with Crippen molar-refractivity contribution in [3.8, 4) is 0 Å². The minimum Gasteiger partial charge on any atom is -0.339 e. The maximum absolute atomic E-state index is 13.6. The maximum atomic E-state index is 13.6. The largest absolute Gasteiger partial charge is 0.339 e. The van der Waals surface area contributed by atoms with E-state index in [9.17, 15) is 13.2 Å². The molecule has 1 heterocycles. The standard InChI is InChI=1S/C15H10F3N5/c16-9-3-1-4-10(7-9)20-13-8-19-23-15(21-13)22-14-11(17)5-2-6-12(14)18/h1-8H,(H2,20,21,22,23). The van der Waals surface area contributed by atoms with Gasteiger partial charge < -0.3 is 10.6 Å². The highest BCUT2D eigenvalue weighted by Gasteiger charge is 2.10. The molecule has 3 aromatic rings. The van der Waals surface area contributed by atoms with Crippen LogP contribution in [0, 0.1) is 17.5 Å². The van der Waals surface area contributed by atoms with Gasteiger partial charge in [0.25, 0.3) is 0 Å². The van der Waals surface area contributed by atoms with E-state index in [-0.39, 0.29) is 17.5 Å². The number of benzene rings is 2. The Bertz CT molecular complexity index is 821. The predicted octanol–water partition coefficient (Wildman–Crippen LogP) is 3.78. The van der Waals surface area contributed by atoms with Crippen LogP contribution in [-0.4, -0.2) is 15.2 Å². The zero-order valence-electron chi connectivity index (χ0n) is 11.6. The molecule has 0 atom stereocenters. The molecule has 23 heavy (non-hydrogen) atoms. The third-order valence-electron chi connectivity index (χ3n) is 2.86. The van der Waals surface area contributed by atoms with E-state index in [4.69, 9.17) is 0 Å². The molecule has 0 aliphatic carbocycles. The fourth-order valence-electron chi connectivity index (χ4n) is 1.86. The second-order valence-corrected chi connectivity index (χ2v) is 4.52. The smallest absolute Gasteiger partial charge is 0.249 e. The van der Waals surface area contributed by atoms with Gasteiger partial charge in [-0.25, -0.2) is 13.2 Å². The summed E-state index contributed by atoms with van der Waals surface area (Å²) < 4.78 is 40.3. The van der Waals surface area contributed by atoms with Gasteiger partial charge in [-0.15, -0.1) is 5.10 Å². The van der Waals surface area contributed by atoms with Gasteiger partial charge >= 0.3 is 0 Å². The Morgan fingerprint density at radius 2 is 1.61 bits per heavy atom. The molecule has 5 nitrogen and oxygen atoms in total. The number of para-hydroxylation sites is 1. The first kappa shape index (κ1) is 14.8. The summed E-state index contributed by atoms with van der Waals surface area (Å²) in [5.74, 6) is -1.83. The Kier molecular flexibility index (Phi) is 4.05. The zero-order chi connectivity index (χ0) is 16.2. The van der Waals surface area contributed by atoms with Gasteiger partial charge in [0.05, 0.1) is 6.20 Å². The molecule has 2 N–H and O–H groups in total. The molecule has 2 aromatic carbocycles. The van der Waals surface area contributed by atoms with Gasteiger partial charge in [-0.2, -0.15) is 10.1 Å². The SMILES string of the molecule is Fc1cccc(Nc2cnnc(Nc3c(F)cccc3F)n2)c1. The average Bonchev–Trinajstić information content (AvgIpc) is 2.52. The highest BCUT2D eigenvalue weighted by molar-refractivity contribution is 5.59. The van der Waals surface area contributed by atoms with Gasteiger partial charge in [-0.3, -0.25) is 0 Å². The highest BCUT2D eigenvalue weighted by Crippen LogP contribution is 2.22. The van der Waals surface area contributed by atoms with E-state index < -0.39 is 17.5 Å². The maximum Gasteiger partial charge on any atom is 0.249 e. The molecule has 8 heteroatoms. The summed E-state index contributed by atoms with van der Waals surface area (Å²) in [5.41, 5.74) is 0.0747. The molecule has 1 aromatic heterocycles. The lowest BCUT2D eigenvalue weighted by Crippen LogP contribution is -2.04. The number of anilines is 4. The van der Waals surface area contributed by atoms with Crippen LogP contribution in [0.5, 0.6) is 0 Å². The molecule has 0 aliphatic rings. The second-order valence-electron chi connectivity index (χ2n) is 4.52. The van der Waals surface area contributed by atoms with E-state index in [1.807, 2.05) is 0 Å².